The van der Waals surface area contributed by atoms with E-state index in [1.165, 1.54) is 89.3 Å². The van der Waals surface area contributed by atoms with E-state index < -0.39 is 126 Å². The lowest BCUT2D eigenvalue weighted by Crippen LogP contribution is -2.69. The molecule has 29 heteroatoms. The number of H-pyrrole nitrogens is 2. The molecule has 7 atom stereocenters. The largest absolute Gasteiger partial charge is 0.508 e. The van der Waals surface area contributed by atoms with Crippen LogP contribution in [-0.4, -0.2) is 164 Å². The minimum atomic E-state index is -1.89. The predicted molar refractivity (Wildman–Crippen MR) is 393 cm³/mol. The van der Waals surface area contributed by atoms with Gasteiger partial charge in [0, 0.05) is 101 Å². The smallest absolute Gasteiger partial charge is 0.332 e. The van der Waals surface area contributed by atoms with Crippen molar-refractivity contribution in [1.29, 1.82) is 0 Å². The Labute approximate surface area is 612 Å². The van der Waals surface area contributed by atoms with Gasteiger partial charge < -0.3 is 62.9 Å². The summed E-state index contributed by atoms with van der Waals surface area (Å²) in [6.45, 7) is 0.755. The number of para-hydroxylation sites is 1. The number of benzene rings is 6. The van der Waals surface area contributed by atoms with Crippen LogP contribution < -0.4 is 53.6 Å². The zero-order valence-corrected chi connectivity index (χ0v) is 59.4. The monoisotopic (exact) mass is 1470 g/mol. The normalized spacial score (nSPS) is 22.0. The molecule has 105 heavy (non-hydrogen) atoms. The van der Waals surface area contributed by atoms with Gasteiger partial charge in [0.05, 0.1) is 24.5 Å². The lowest BCUT2D eigenvalue weighted by molar-refractivity contribution is -0.368. The average molecular weight is 1470 g/mol. The van der Waals surface area contributed by atoms with Crippen LogP contribution in [0.5, 0.6) is 5.75 Å². The molecule has 6 aromatic carbocycles. The second-order valence-corrected chi connectivity index (χ2v) is 28.6. The van der Waals surface area contributed by atoms with Crippen molar-refractivity contribution in [2.75, 3.05) is 42.6 Å². The first-order valence-corrected chi connectivity index (χ1v) is 37.0. The van der Waals surface area contributed by atoms with Gasteiger partial charge in [0.2, 0.25) is 53.4 Å². The van der Waals surface area contributed by atoms with E-state index in [1.807, 2.05) is 24.3 Å². The van der Waals surface area contributed by atoms with Crippen molar-refractivity contribution in [3.63, 3.8) is 0 Å². The van der Waals surface area contributed by atoms with Crippen LogP contribution in [0.3, 0.4) is 0 Å². The fourth-order valence-electron chi connectivity index (χ4n) is 13.3. The van der Waals surface area contributed by atoms with Crippen molar-refractivity contribution in [2.24, 2.45) is 4.99 Å². The van der Waals surface area contributed by atoms with E-state index in [9.17, 15) is 29.1 Å². The van der Waals surface area contributed by atoms with Crippen LogP contribution in [-0.2, 0) is 78.7 Å². The van der Waals surface area contributed by atoms with E-state index in [0.717, 1.165) is 16.0 Å². The predicted octanol–water partition coefficient (Wildman–Crippen LogP) is 3.66. The van der Waals surface area contributed by atoms with Gasteiger partial charge in [-0.15, -0.1) is 0 Å². The molecule has 8 aromatic rings. The average Bonchev–Trinajstić information content (AvgIpc) is 1.67. The zero-order valence-electron chi connectivity index (χ0n) is 57.8. The quantitative estimate of drug-likeness (QED) is 0.0778. The summed E-state index contributed by atoms with van der Waals surface area (Å²) in [6.07, 6.45) is 2.27. The molecule has 0 spiro atoms. The number of nitrogens with one attached hydrogen (secondary N) is 9. The molecule has 5 heterocycles. The topological polar surface area (TPSA) is 381 Å². The summed E-state index contributed by atoms with van der Waals surface area (Å²) in [6, 6.07) is 30.2. The first-order chi connectivity index (χ1) is 50.6. The molecule has 1 fully saturated rings. The Kier molecular flexibility index (Phi) is 24.9. The molecule has 0 saturated carbocycles. The van der Waals surface area contributed by atoms with Gasteiger partial charge in [-0.05, 0) is 121 Å². The summed E-state index contributed by atoms with van der Waals surface area (Å²) in [5.41, 5.74) is 11.3. The van der Waals surface area contributed by atoms with E-state index in [0.29, 0.717) is 92.7 Å². The highest BCUT2D eigenvalue weighted by Crippen LogP contribution is 2.33. The molecule has 11 rings (SSSR count). The molecule has 0 radical (unpaired) electrons. The van der Waals surface area contributed by atoms with E-state index >= 15 is 32.8 Å². The number of aromatic nitrogens is 2. The van der Waals surface area contributed by atoms with Gasteiger partial charge in [-0.1, -0.05) is 84.9 Å². The van der Waals surface area contributed by atoms with Gasteiger partial charge in [0.1, 0.15) is 53.6 Å². The summed E-state index contributed by atoms with van der Waals surface area (Å²) in [5, 5.41) is 30.4. The van der Waals surface area contributed by atoms with Gasteiger partial charge in [-0.3, -0.25) is 53.8 Å². The highest BCUT2D eigenvalue weighted by Gasteiger charge is 2.49. The van der Waals surface area contributed by atoms with Gasteiger partial charge in [0.25, 0.3) is 5.91 Å². The Morgan fingerprint density at radius 1 is 0.638 bits per heavy atom. The number of anilines is 1. The molecular weight excluding hydrogens is 1390 g/mol. The van der Waals surface area contributed by atoms with Crippen LogP contribution in [0.25, 0.3) is 21.8 Å². The number of aliphatic imine (C=N–C) groups is 1. The summed E-state index contributed by atoms with van der Waals surface area (Å²) < 4.78 is 30.2. The SMILES string of the molecule is CC12CCCN1C(=O)C(Cc1ccc(O)cc1)NC(=O)CN1C(=O)C(N=C(c3ccccc3)c3ccccc31)NC(=O)C(Cc1c[nH]c3ccc(F)cc13)NC(=O)C(Cc1c[nH]c3ccc(F)cc13)NC(=O)CNC(=O)C(CCCC[NH3+])NC(=O)CCSCc1cccc(c1)CSCC(C([NH3+])=O)NC2=O. The number of hydrogen-bond donors (Lipinski definition) is 12. The van der Waals surface area contributed by atoms with Crippen molar-refractivity contribution in [3.05, 3.63) is 202 Å². The Bertz CT molecular complexity index is 4600. The second-order valence-electron chi connectivity index (χ2n) is 26.5. The molecule has 16 N–H and O–H groups in total. The van der Waals surface area contributed by atoms with Crippen molar-refractivity contribution in [1.82, 2.24) is 52.1 Å². The highest BCUT2D eigenvalue weighted by atomic mass is 32.2. The van der Waals surface area contributed by atoms with E-state index in [-0.39, 0.29) is 68.0 Å². The molecule has 3 aliphatic heterocycles. The van der Waals surface area contributed by atoms with E-state index in [2.05, 4.69) is 58.7 Å². The third kappa shape index (κ3) is 19.0. The second kappa shape index (κ2) is 34.7. The molecule has 3 aliphatic rings. The van der Waals surface area contributed by atoms with Crippen molar-refractivity contribution >= 4 is 116 Å². The van der Waals surface area contributed by atoms with Gasteiger partial charge in [0.15, 0.2) is 6.04 Å². The number of phenolic OH excluding ortho intramolecular Hbond substituents is 1. The number of aromatic hydroxyl groups is 1. The maximum absolute atomic E-state index is 15.8. The summed E-state index contributed by atoms with van der Waals surface area (Å²) in [4.78, 5) is 161. The fraction of sp³-hybridized carbons (Fsp3) is 0.329. The minimum absolute atomic E-state index is 0.0459. The number of nitrogens with zero attached hydrogens (tertiary/aromatic N) is 3. The van der Waals surface area contributed by atoms with E-state index in [4.69, 9.17) is 4.99 Å². The summed E-state index contributed by atoms with van der Waals surface area (Å²) in [7, 11) is 0. The first-order valence-electron chi connectivity index (χ1n) is 34.7. The number of hydrogen-bond acceptors (Lipinski definition) is 14. The summed E-state index contributed by atoms with van der Waals surface area (Å²) >= 11 is 2.89. The van der Waals surface area contributed by atoms with Crippen molar-refractivity contribution in [2.45, 2.75) is 118 Å². The number of quaternary nitrogens is 2. The highest BCUT2D eigenvalue weighted by molar-refractivity contribution is 7.98. The number of phenols is 1. The molecule has 0 aliphatic carbocycles. The Balaban J connectivity index is 0.957. The first kappa shape index (κ1) is 75.4. The van der Waals surface area contributed by atoms with Crippen LogP contribution in [0, 0.1) is 11.6 Å². The van der Waals surface area contributed by atoms with Crippen LogP contribution in [0.1, 0.15) is 84.4 Å². The van der Waals surface area contributed by atoms with Crippen LogP contribution in [0.2, 0.25) is 0 Å². The van der Waals surface area contributed by atoms with Crippen LogP contribution in [0.4, 0.5) is 14.5 Å². The summed E-state index contributed by atoms with van der Waals surface area (Å²) in [5.74, 6) is -7.39. The molecule has 7 unspecified atom stereocenters. The zero-order chi connectivity index (χ0) is 74.3. The number of unbranched alkanes of at least 4 members (excludes halogenated alkanes) is 1. The molecule has 4 bridgehead atoms. The van der Waals surface area contributed by atoms with Gasteiger partial charge >= 0.3 is 5.91 Å². The minimum Gasteiger partial charge on any atom is -0.508 e. The lowest BCUT2D eigenvalue weighted by atomic mass is 9.95. The lowest BCUT2D eigenvalue weighted by Gasteiger charge is -2.37. The Morgan fingerprint density at radius 2 is 1.27 bits per heavy atom. The molecular formula is C76H84F2N14O11S2+2. The number of amides is 10. The maximum Gasteiger partial charge on any atom is 0.332 e. The molecule has 1 saturated heterocycles. The number of thioether (sulfide) groups is 2. The number of fused-ring (bicyclic) bond motifs is 9. The standard InChI is InChI=1S/C76H82F2N14O11S2/c1-76-27-10-29-92(76)73(101)61(32-44-18-22-52(93)23-19-44)86-66(96)40-91-63-17-6-5-15-53(63)67(47-13-3-2-4-14-47)89-69(74(91)102)90-72(100)60(34-49-38-82-57-25-21-51(78)36-55(49)57)87-71(99)59(33-48-37-81-56-24-20-50(77)35-54(48)56)85-65(95)39-83-70(98)58(16-7-8-28-79)84-64(94)26-30-104-41-45-11-9-12-46(31-45)42-105-43-62(68(80)97)88-75(76)103/h2-6,9,11-15,17-25,31,35-38,58-62,69,81-82,93H,7-8,10,16,26-30,32-34,39-43,79H2,1H3,(H2,80,97)(H,83,98)(H,84,94)(H,85,95)(H,86,96)(H,87,99)(H,88,103)(H,90,100)/p+2. The number of carbonyl (C=O) groups is 10. The van der Waals surface area contributed by atoms with Gasteiger partial charge in [-0.25, -0.2) is 18.6 Å². The van der Waals surface area contributed by atoms with Gasteiger partial charge in [-0.2, -0.15) is 23.5 Å². The third-order valence-corrected chi connectivity index (χ3v) is 21.0. The van der Waals surface area contributed by atoms with Crippen molar-refractivity contribution < 1.29 is 73.3 Å². The molecule has 548 valence electrons. The number of halogens is 2. The Hall–Kier alpha value is -10.8. The van der Waals surface area contributed by atoms with Crippen LogP contribution in [0.15, 0.2) is 157 Å². The number of rotatable bonds is 12. The number of carbonyl (C=O) groups excluding carboxylic acids is 10. The molecule has 2 aromatic heterocycles. The molecule has 10 amide bonds. The fourth-order valence-corrected chi connectivity index (χ4v) is 15.2. The third-order valence-electron chi connectivity index (χ3n) is 18.9. The van der Waals surface area contributed by atoms with Crippen LogP contribution >= 0.6 is 23.5 Å². The Morgan fingerprint density at radius 3 is 1.94 bits per heavy atom. The maximum atomic E-state index is 15.8. The number of aromatic amines is 2. The molecule has 25 nitrogen and oxygen atoms in total. The van der Waals surface area contributed by atoms with Crippen molar-refractivity contribution in [3.8, 4) is 5.75 Å². The van der Waals surface area contributed by atoms with E-state index in [1.54, 1.807) is 73.7 Å².